The second kappa shape index (κ2) is 10.2. The number of aryl methyl sites for hydroxylation is 1. The standard InChI is InChI=1S/C27H29N3O2/c1-20-12-14-24(15-13-20)29-27(32)26(23-10-6-3-7-11-23)28-17-22-16-25(31)30(19-22)18-21-8-4-2-5-9-21/h2-15,22,26,28H,16-19H2,1H3,(H,29,32). The lowest BCUT2D eigenvalue weighted by Gasteiger charge is -2.21. The number of benzene rings is 3. The minimum atomic E-state index is -0.490. The van der Waals surface area contributed by atoms with Gasteiger partial charge in [-0.3, -0.25) is 9.59 Å². The number of nitrogens with zero attached hydrogens (tertiary/aromatic N) is 1. The molecule has 0 radical (unpaired) electrons. The Morgan fingerprint density at radius 1 is 0.969 bits per heavy atom. The van der Waals surface area contributed by atoms with E-state index in [0.717, 1.165) is 22.4 Å². The van der Waals surface area contributed by atoms with Crippen LogP contribution in [0.1, 0.15) is 29.2 Å². The molecule has 0 aromatic heterocycles. The monoisotopic (exact) mass is 427 g/mol. The van der Waals surface area contributed by atoms with E-state index in [2.05, 4.69) is 10.6 Å². The molecule has 5 heteroatoms. The Balaban J connectivity index is 1.40. The molecule has 3 aromatic rings. The van der Waals surface area contributed by atoms with Crippen LogP contribution in [0, 0.1) is 12.8 Å². The molecule has 32 heavy (non-hydrogen) atoms. The van der Waals surface area contributed by atoms with Crippen molar-refractivity contribution in [2.75, 3.05) is 18.4 Å². The lowest BCUT2D eigenvalue weighted by atomic mass is 10.0. The maximum absolute atomic E-state index is 13.1. The summed E-state index contributed by atoms with van der Waals surface area (Å²) in [5.74, 6) is 0.233. The van der Waals surface area contributed by atoms with Gasteiger partial charge in [-0.15, -0.1) is 0 Å². The fraction of sp³-hybridized carbons (Fsp3) is 0.259. The predicted molar refractivity (Wildman–Crippen MR) is 127 cm³/mol. The Hall–Kier alpha value is -3.44. The molecule has 4 rings (SSSR count). The van der Waals surface area contributed by atoms with Crippen LogP contribution in [0.4, 0.5) is 5.69 Å². The first-order valence-corrected chi connectivity index (χ1v) is 11.1. The summed E-state index contributed by atoms with van der Waals surface area (Å²) in [6.45, 7) is 3.94. The van der Waals surface area contributed by atoms with E-state index in [1.165, 1.54) is 0 Å². The van der Waals surface area contributed by atoms with Crippen molar-refractivity contribution in [3.8, 4) is 0 Å². The lowest BCUT2D eigenvalue weighted by Crippen LogP contribution is -2.36. The SMILES string of the molecule is Cc1ccc(NC(=O)C(NCC2CC(=O)N(Cc3ccccc3)C2)c2ccccc2)cc1. The molecular formula is C27H29N3O2. The molecule has 1 heterocycles. The average Bonchev–Trinajstić information content (AvgIpc) is 3.16. The molecule has 0 spiro atoms. The van der Waals surface area contributed by atoms with Crippen molar-refractivity contribution in [2.45, 2.75) is 25.9 Å². The number of anilines is 1. The van der Waals surface area contributed by atoms with Crippen LogP contribution in [0.5, 0.6) is 0 Å². The van der Waals surface area contributed by atoms with E-state index in [4.69, 9.17) is 0 Å². The molecule has 1 aliphatic heterocycles. The fourth-order valence-electron chi connectivity index (χ4n) is 4.09. The molecule has 1 aliphatic rings. The molecule has 1 saturated heterocycles. The van der Waals surface area contributed by atoms with Crippen molar-refractivity contribution in [3.05, 3.63) is 102 Å². The van der Waals surface area contributed by atoms with E-state index < -0.39 is 6.04 Å². The summed E-state index contributed by atoms with van der Waals surface area (Å²) in [5, 5.41) is 6.44. The van der Waals surface area contributed by atoms with Crippen molar-refractivity contribution in [1.82, 2.24) is 10.2 Å². The van der Waals surface area contributed by atoms with Crippen LogP contribution in [-0.4, -0.2) is 29.8 Å². The Kier molecular flexibility index (Phi) is 6.97. The zero-order valence-electron chi connectivity index (χ0n) is 18.3. The number of carbonyl (C=O) groups is 2. The van der Waals surface area contributed by atoms with Crippen LogP contribution < -0.4 is 10.6 Å². The van der Waals surface area contributed by atoms with E-state index in [1.807, 2.05) is 96.8 Å². The van der Waals surface area contributed by atoms with Crippen LogP contribution in [0.15, 0.2) is 84.9 Å². The predicted octanol–water partition coefficient (Wildman–Crippen LogP) is 4.31. The summed E-state index contributed by atoms with van der Waals surface area (Å²) in [6.07, 6.45) is 0.501. The van der Waals surface area contributed by atoms with Gasteiger partial charge >= 0.3 is 0 Å². The van der Waals surface area contributed by atoms with Crippen LogP contribution in [0.25, 0.3) is 0 Å². The Labute approximate surface area is 189 Å². The molecular weight excluding hydrogens is 398 g/mol. The fourth-order valence-corrected chi connectivity index (χ4v) is 4.09. The average molecular weight is 428 g/mol. The van der Waals surface area contributed by atoms with Gasteiger partial charge in [-0.25, -0.2) is 0 Å². The quantitative estimate of drug-likeness (QED) is 0.563. The Morgan fingerprint density at radius 2 is 1.62 bits per heavy atom. The highest BCUT2D eigenvalue weighted by Crippen LogP contribution is 2.22. The summed E-state index contributed by atoms with van der Waals surface area (Å²) >= 11 is 0. The maximum Gasteiger partial charge on any atom is 0.246 e. The smallest absolute Gasteiger partial charge is 0.246 e. The molecule has 2 N–H and O–H groups in total. The zero-order valence-corrected chi connectivity index (χ0v) is 18.3. The first-order chi connectivity index (χ1) is 15.6. The van der Waals surface area contributed by atoms with Crippen molar-refractivity contribution >= 4 is 17.5 Å². The van der Waals surface area contributed by atoms with Crippen molar-refractivity contribution < 1.29 is 9.59 Å². The third-order valence-electron chi connectivity index (χ3n) is 5.84. The summed E-state index contributed by atoms with van der Waals surface area (Å²) in [4.78, 5) is 27.6. The van der Waals surface area contributed by atoms with Crippen LogP contribution >= 0.6 is 0 Å². The van der Waals surface area contributed by atoms with Gasteiger partial charge < -0.3 is 15.5 Å². The van der Waals surface area contributed by atoms with Crippen molar-refractivity contribution in [2.24, 2.45) is 5.92 Å². The maximum atomic E-state index is 13.1. The summed E-state index contributed by atoms with van der Waals surface area (Å²) in [7, 11) is 0. The summed E-state index contributed by atoms with van der Waals surface area (Å²) < 4.78 is 0. The van der Waals surface area contributed by atoms with Crippen LogP contribution in [-0.2, 0) is 16.1 Å². The van der Waals surface area contributed by atoms with E-state index >= 15 is 0 Å². The summed E-state index contributed by atoms with van der Waals surface area (Å²) in [6, 6.07) is 27.0. The number of likely N-dealkylation sites (tertiary alicyclic amines) is 1. The highest BCUT2D eigenvalue weighted by molar-refractivity contribution is 5.95. The van der Waals surface area contributed by atoms with Gasteiger partial charge in [0.25, 0.3) is 0 Å². The number of amides is 2. The topological polar surface area (TPSA) is 61.4 Å². The molecule has 0 aliphatic carbocycles. The normalized spacial score (nSPS) is 16.7. The van der Waals surface area contributed by atoms with Crippen LogP contribution in [0.2, 0.25) is 0 Å². The van der Waals surface area contributed by atoms with Gasteiger partial charge in [0.1, 0.15) is 6.04 Å². The molecule has 1 fully saturated rings. The molecule has 0 bridgehead atoms. The molecule has 164 valence electrons. The Bertz CT molecular complexity index is 1040. The second-order valence-electron chi connectivity index (χ2n) is 8.44. The minimum absolute atomic E-state index is 0.106. The van der Waals surface area contributed by atoms with Gasteiger partial charge in [-0.1, -0.05) is 78.4 Å². The third-order valence-corrected chi connectivity index (χ3v) is 5.84. The van der Waals surface area contributed by atoms with E-state index in [0.29, 0.717) is 26.1 Å². The zero-order chi connectivity index (χ0) is 22.3. The minimum Gasteiger partial charge on any atom is -0.338 e. The molecule has 2 unspecified atom stereocenters. The van der Waals surface area contributed by atoms with Crippen LogP contribution in [0.3, 0.4) is 0 Å². The van der Waals surface area contributed by atoms with E-state index in [9.17, 15) is 9.59 Å². The molecule has 2 atom stereocenters. The lowest BCUT2D eigenvalue weighted by molar-refractivity contribution is -0.128. The van der Waals surface area contributed by atoms with Gasteiger partial charge in [0.2, 0.25) is 11.8 Å². The number of nitrogens with one attached hydrogen (secondary N) is 2. The van der Waals surface area contributed by atoms with Crippen molar-refractivity contribution in [3.63, 3.8) is 0 Å². The second-order valence-corrected chi connectivity index (χ2v) is 8.44. The summed E-state index contributed by atoms with van der Waals surface area (Å²) in [5.41, 5.74) is 3.96. The number of rotatable bonds is 8. The van der Waals surface area contributed by atoms with Gasteiger partial charge in [0, 0.05) is 31.7 Å². The number of carbonyl (C=O) groups excluding carboxylic acids is 2. The number of hydrogen-bond donors (Lipinski definition) is 2. The highest BCUT2D eigenvalue weighted by atomic mass is 16.2. The molecule has 0 saturated carbocycles. The van der Waals surface area contributed by atoms with Crippen molar-refractivity contribution in [1.29, 1.82) is 0 Å². The van der Waals surface area contributed by atoms with Gasteiger partial charge in [-0.05, 0) is 36.1 Å². The van der Waals surface area contributed by atoms with Gasteiger partial charge in [0.05, 0.1) is 0 Å². The third kappa shape index (κ3) is 5.62. The highest BCUT2D eigenvalue weighted by Gasteiger charge is 2.31. The van der Waals surface area contributed by atoms with E-state index in [-0.39, 0.29) is 17.7 Å². The van der Waals surface area contributed by atoms with Gasteiger partial charge in [-0.2, -0.15) is 0 Å². The first-order valence-electron chi connectivity index (χ1n) is 11.1. The Morgan fingerprint density at radius 3 is 2.31 bits per heavy atom. The first kappa shape index (κ1) is 21.8. The van der Waals surface area contributed by atoms with Gasteiger partial charge in [0.15, 0.2) is 0 Å². The molecule has 3 aromatic carbocycles. The number of hydrogen-bond acceptors (Lipinski definition) is 3. The molecule has 5 nitrogen and oxygen atoms in total. The molecule has 2 amide bonds. The van der Waals surface area contributed by atoms with E-state index in [1.54, 1.807) is 0 Å². The largest absolute Gasteiger partial charge is 0.338 e.